The molecular weight excluding hydrogens is 468 g/mol. The van der Waals surface area contributed by atoms with E-state index in [0.717, 1.165) is 43.6 Å². The van der Waals surface area contributed by atoms with Crippen molar-refractivity contribution in [2.45, 2.75) is 92.0 Å². The Kier molecular flexibility index (Phi) is 20.5. The highest BCUT2D eigenvalue weighted by Crippen LogP contribution is 2.23. The van der Waals surface area contributed by atoms with E-state index < -0.39 is 16.9 Å². The number of esters is 2. The lowest BCUT2D eigenvalue weighted by Gasteiger charge is -2.28. The molecule has 0 N–H and O–H groups in total. The maximum Gasteiger partial charge on any atom is 0.335 e. The fourth-order valence-corrected chi connectivity index (χ4v) is 8.89. The van der Waals surface area contributed by atoms with Gasteiger partial charge in [0.25, 0.3) is 0 Å². The average Bonchev–Trinajstić information content (AvgIpc) is 2.79. The van der Waals surface area contributed by atoms with Crippen LogP contribution >= 0.6 is 0 Å². The molecule has 0 aliphatic carbocycles. The van der Waals surface area contributed by atoms with E-state index in [1.165, 1.54) is 0 Å². The number of hydrogen-bond acceptors (Lipinski definition) is 7. The molecule has 7 nitrogen and oxygen atoms in total. The first-order valence-corrected chi connectivity index (χ1v) is 17.6. The molecule has 0 aliphatic rings. The van der Waals surface area contributed by atoms with Gasteiger partial charge in [0.15, 0.2) is 8.32 Å². The van der Waals surface area contributed by atoms with Crippen molar-refractivity contribution >= 4 is 28.8 Å². The van der Waals surface area contributed by atoms with Crippen molar-refractivity contribution in [2.75, 3.05) is 33.0 Å². The van der Waals surface area contributed by atoms with E-state index in [1.807, 2.05) is 27.3 Å². The van der Waals surface area contributed by atoms with Crippen LogP contribution in [0.3, 0.4) is 0 Å². The second kappa shape index (κ2) is 20.0. The molecule has 0 aromatic carbocycles. The highest BCUT2D eigenvalue weighted by molar-refractivity contribution is 6.73. The minimum Gasteiger partial charge on any atom is -0.462 e. The molecule has 9 heteroatoms. The number of rotatable bonds is 18. The lowest BCUT2D eigenvalue weighted by molar-refractivity contribution is -0.139. The summed E-state index contributed by atoms with van der Waals surface area (Å²) in [6, 6.07) is 4.16. The Balaban J connectivity index is 0. The van der Waals surface area contributed by atoms with Crippen LogP contribution in [0.25, 0.3) is 0 Å². The summed E-state index contributed by atoms with van der Waals surface area (Å²) in [5, 5.41) is 0. The zero-order valence-corrected chi connectivity index (χ0v) is 25.1. The fraction of sp³-hybridized carbons (Fsp3) is 0.760. The summed E-state index contributed by atoms with van der Waals surface area (Å²) in [6.45, 7) is 25.8. The Morgan fingerprint density at radius 1 is 0.676 bits per heavy atom. The number of carbonyl (C=O) groups excluding carboxylic acids is 2. The third-order valence-corrected chi connectivity index (χ3v) is 13.2. The molecule has 0 aromatic rings. The molecule has 0 spiro atoms. The molecule has 0 heterocycles. The predicted octanol–water partition coefficient (Wildman–Crippen LogP) is 6.16. The van der Waals surface area contributed by atoms with E-state index in [0.29, 0.717) is 37.6 Å². The van der Waals surface area contributed by atoms with Gasteiger partial charge in [0.05, 0.1) is 13.2 Å². The summed E-state index contributed by atoms with van der Waals surface area (Å²) in [5.41, 5.74) is 0.893. The third kappa shape index (κ3) is 16.4. The van der Waals surface area contributed by atoms with Gasteiger partial charge in [-0.2, -0.15) is 0 Å². The van der Waals surface area contributed by atoms with Crippen LogP contribution in [0.15, 0.2) is 24.3 Å². The van der Waals surface area contributed by atoms with Crippen LogP contribution in [0.4, 0.5) is 0 Å². The Bertz CT molecular complexity index is 598. The monoisotopic (exact) mass is 518 g/mol. The van der Waals surface area contributed by atoms with Gasteiger partial charge in [-0.25, -0.2) is 9.59 Å². The Labute approximate surface area is 210 Å². The molecule has 0 unspecified atom stereocenters. The summed E-state index contributed by atoms with van der Waals surface area (Å²) < 4.78 is 27.5. The highest BCUT2D eigenvalue weighted by Gasteiger charge is 2.30. The van der Waals surface area contributed by atoms with Gasteiger partial charge in [-0.05, 0) is 78.2 Å². The van der Waals surface area contributed by atoms with Crippen LogP contribution in [0.1, 0.15) is 61.3 Å². The molecule has 0 aromatic heterocycles. The topological polar surface area (TPSA) is 80.3 Å². The molecular formula is C25H50O7Si2. The van der Waals surface area contributed by atoms with Crippen molar-refractivity contribution in [3.05, 3.63) is 24.3 Å². The molecule has 0 bridgehead atoms. The van der Waals surface area contributed by atoms with E-state index in [9.17, 15) is 9.59 Å². The molecule has 0 amide bonds. The molecule has 0 rings (SSSR count). The van der Waals surface area contributed by atoms with Crippen molar-refractivity contribution in [3.8, 4) is 0 Å². The van der Waals surface area contributed by atoms with Crippen LogP contribution in [-0.2, 0) is 32.3 Å². The van der Waals surface area contributed by atoms with Gasteiger partial charge >= 0.3 is 20.5 Å². The van der Waals surface area contributed by atoms with Crippen LogP contribution < -0.4 is 0 Å². The Morgan fingerprint density at radius 3 is 1.38 bits per heavy atom. The minimum atomic E-state index is -2.06. The molecule has 0 fully saturated rings. The van der Waals surface area contributed by atoms with E-state index in [-0.39, 0.29) is 11.9 Å². The standard InChI is InChI=1S/C13H26O3Si.C12H24O4Si/c1-6-16-17(7-2,8-3)11-9-10-15-13(14)12(4)5;1-6-15-17(5,16-7-2)10-8-9-14-12(13)11(3)4/h4,6-11H2,1-3,5H3;3,6-10H2,1-2,4-5H3. The normalized spacial score (nSPS) is 11.3. The third-order valence-electron chi connectivity index (χ3n) is 5.35. The summed E-state index contributed by atoms with van der Waals surface area (Å²) in [7, 11) is -3.62. The zero-order chi connectivity index (χ0) is 26.6. The number of carbonyl (C=O) groups is 2. The van der Waals surface area contributed by atoms with Crippen molar-refractivity contribution in [1.29, 1.82) is 0 Å². The fourth-order valence-electron chi connectivity index (χ4n) is 3.35. The van der Waals surface area contributed by atoms with Crippen LogP contribution in [-0.4, -0.2) is 61.9 Å². The van der Waals surface area contributed by atoms with E-state index in [1.54, 1.807) is 13.8 Å². The average molecular weight is 519 g/mol. The summed E-state index contributed by atoms with van der Waals surface area (Å²) in [5.74, 6) is -0.622. The van der Waals surface area contributed by atoms with Crippen molar-refractivity contribution in [3.63, 3.8) is 0 Å². The van der Waals surface area contributed by atoms with Gasteiger partial charge in [0.1, 0.15) is 0 Å². The lowest BCUT2D eigenvalue weighted by atomic mass is 10.4. The Morgan fingerprint density at radius 2 is 1.06 bits per heavy atom. The van der Waals surface area contributed by atoms with Crippen molar-refractivity contribution in [1.82, 2.24) is 0 Å². The maximum absolute atomic E-state index is 11.2. The van der Waals surface area contributed by atoms with Gasteiger partial charge in [-0.1, -0.05) is 27.0 Å². The molecule has 0 saturated carbocycles. The van der Waals surface area contributed by atoms with E-state index in [4.69, 9.17) is 22.8 Å². The van der Waals surface area contributed by atoms with Gasteiger partial charge in [0, 0.05) is 31.0 Å². The summed E-state index contributed by atoms with van der Waals surface area (Å²) in [6.07, 6.45) is 1.66. The zero-order valence-electron chi connectivity index (χ0n) is 23.1. The highest BCUT2D eigenvalue weighted by atomic mass is 28.4. The molecule has 34 heavy (non-hydrogen) atoms. The first-order chi connectivity index (χ1) is 16.0. The molecule has 200 valence electrons. The van der Waals surface area contributed by atoms with Gasteiger partial charge in [-0.3, -0.25) is 0 Å². The first kappa shape index (κ1) is 34.9. The smallest absolute Gasteiger partial charge is 0.335 e. The largest absolute Gasteiger partial charge is 0.462 e. The van der Waals surface area contributed by atoms with Gasteiger partial charge in [-0.15, -0.1) is 0 Å². The quantitative estimate of drug-likeness (QED) is 0.0930. The predicted molar refractivity (Wildman–Crippen MR) is 144 cm³/mol. The van der Waals surface area contributed by atoms with E-state index in [2.05, 4.69) is 27.0 Å². The summed E-state index contributed by atoms with van der Waals surface area (Å²) >= 11 is 0. The number of hydrogen-bond donors (Lipinski definition) is 0. The molecule has 0 atom stereocenters. The number of ether oxygens (including phenoxy) is 2. The van der Waals surface area contributed by atoms with Crippen molar-refractivity contribution < 1.29 is 32.3 Å². The lowest BCUT2D eigenvalue weighted by Crippen LogP contribution is -2.38. The SMILES string of the molecule is C=C(C)C(=O)OCCC[Si](C)(OCC)OCC.C=C(C)C(=O)OCCC[Si](CC)(CC)OCC. The molecule has 0 radical (unpaired) electrons. The minimum absolute atomic E-state index is 0.290. The maximum atomic E-state index is 11.2. The Hall–Kier alpha value is -1.27. The summed E-state index contributed by atoms with van der Waals surface area (Å²) in [4.78, 5) is 22.3. The molecule has 0 saturated heterocycles. The van der Waals surface area contributed by atoms with Gasteiger partial charge < -0.3 is 22.8 Å². The van der Waals surface area contributed by atoms with E-state index >= 15 is 0 Å². The van der Waals surface area contributed by atoms with Crippen LogP contribution in [0, 0.1) is 0 Å². The van der Waals surface area contributed by atoms with Crippen molar-refractivity contribution in [2.24, 2.45) is 0 Å². The second-order valence-corrected chi connectivity index (χ2v) is 16.3. The van der Waals surface area contributed by atoms with Crippen LogP contribution in [0.2, 0.25) is 30.7 Å². The second-order valence-electron chi connectivity index (χ2n) is 8.36. The first-order valence-electron chi connectivity index (χ1n) is 12.5. The van der Waals surface area contributed by atoms with Crippen LogP contribution in [0.5, 0.6) is 0 Å². The van der Waals surface area contributed by atoms with Gasteiger partial charge in [0.2, 0.25) is 0 Å². The molecule has 0 aliphatic heterocycles.